The molecule has 0 aliphatic carbocycles. The molecule has 3 aromatic rings. The van der Waals surface area contributed by atoms with Crippen LogP contribution in [0.3, 0.4) is 0 Å². The molecule has 5 heteroatoms. The summed E-state index contributed by atoms with van der Waals surface area (Å²) in [4.78, 5) is 9.26. The van der Waals surface area contributed by atoms with Crippen molar-refractivity contribution >= 4 is 11.5 Å². The number of pyridine rings is 1. The van der Waals surface area contributed by atoms with Crippen LogP contribution in [0.1, 0.15) is 28.7 Å². The number of anilines is 1. The Morgan fingerprint density at radius 1 is 1.26 bits per heavy atom. The molecule has 1 saturated heterocycles. The van der Waals surface area contributed by atoms with Gasteiger partial charge < -0.3 is 9.80 Å². The number of hydrogen-bond acceptors (Lipinski definition) is 4. The minimum absolute atomic E-state index is 0.545. The van der Waals surface area contributed by atoms with Gasteiger partial charge in [0.05, 0.1) is 5.56 Å². The van der Waals surface area contributed by atoms with Crippen LogP contribution in [0, 0.1) is 18.3 Å². The van der Waals surface area contributed by atoms with E-state index in [1.54, 1.807) is 6.20 Å². The van der Waals surface area contributed by atoms with Crippen LogP contribution < -0.4 is 4.90 Å². The van der Waals surface area contributed by atoms with E-state index in [0.717, 1.165) is 37.1 Å². The molecule has 0 saturated carbocycles. The SMILES string of the molecule is Cc1c(Cc2ccccc2)c(N2CC[C@H](N(C)C)C2)n2ccnc2c1C#N. The summed E-state index contributed by atoms with van der Waals surface area (Å²) >= 11 is 0. The van der Waals surface area contributed by atoms with Crippen molar-refractivity contribution in [1.29, 1.82) is 5.26 Å². The van der Waals surface area contributed by atoms with Crippen molar-refractivity contribution in [3.8, 4) is 6.07 Å². The Labute approximate surface area is 160 Å². The zero-order chi connectivity index (χ0) is 19.0. The van der Waals surface area contributed by atoms with Crippen LogP contribution in [-0.2, 0) is 6.42 Å². The second kappa shape index (κ2) is 7.05. The van der Waals surface area contributed by atoms with Gasteiger partial charge in [0, 0.05) is 43.5 Å². The van der Waals surface area contributed by atoms with Gasteiger partial charge in [0.15, 0.2) is 5.65 Å². The van der Waals surface area contributed by atoms with E-state index in [1.807, 2.05) is 12.3 Å². The second-order valence-electron chi connectivity index (χ2n) is 7.55. The van der Waals surface area contributed by atoms with Crippen molar-refractivity contribution in [2.24, 2.45) is 0 Å². The first-order valence-corrected chi connectivity index (χ1v) is 9.44. The zero-order valence-corrected chi connectivity index (χ0v) is 16.2. The summed E-state index contributed by atoms with van der Waals surface area (Å²) in [6.45, 7) is 4.07. The minimum atomic E-state index is 0.545. The number of benzene rings is 1. The van der Waals surface area contributed by atoms with Crippen LogP contribution >= 0.6 is 0 Å². The van der Waals surface area contributed by atoms with Gasteiger partial charge in [-0.3, -0.25) is 4.40 Å². The van der Waals surface area contributed by atoms with Crippen LogP contribution in [-0.4, -0.2) is 47.5 Å². The molecule has 0 unspecified atom stereocenters. The average molecular weight is 359 g/mol. The topological polar surface area (TPSA) is 47.6 Å². The van der Waals surface area contributed by atoms with Crippen LogP contribution in [0.25, 0.3) is 5.65 Å². The molecule has 4 rings (SSSR count). The molecule has 0 radical (unpaired) electrons. The molecule has 1 aromatic carbocycles. The van der Waals surface area contributed by atoms with E-state index in [1.165, 1.54) is 16.9 Å². The summed E-state index contributed by atoms with van der Waals surface area (Å²) in [7, 11) is 4.30. The number of hydrogen-bond donors (Lipinski definition) is 0. The number of aromatic nitrogens is 2. The molecule has 0 bridgehead atoms. The number of imidazole rings is 1. The van der Waals surface area contributed by atoms with Gasteiger partial charge in [-0.1, -0.05) is 30.3 Å². The molecule has 0 spiro atoms. The lowest BCUT2D eigenvalue weighted by Gasteiger charge is -2.27. The summed E-state index contributed by atoms with van der Waals surface area (Å²) in [5.74, 6) is 1.19. The maximum atomic E-state index is 9.77. The van der Waals surface area contributed by atoms with Gasteiger partial charge in [-0.2, -0.15) is 5.26 Å². The fourth-order valence-corrected chi connectivity index (χ4v) is 4.14. The van der Waals surface area contributed by atoms with Crippen molar-refractivity contribution < 1.29 is 0 Å². The highest BCUT2D eigenvalue weighted by Gasteiger charge is 2.29. The minimum Gasteiger partial charge on any atom is -0.356 e. The molecule has 3 heterocycles. The van der Waals surface area contributed by atoms with E-state index in [4.69, 9.17) is 0 Å². The third-order valence-corrected chi connectivity index (χ3v) is 5.72. The number of likely N-dealkylation sites (N-methyl/N-ethyl adjacent to an activating group) is 1. The monoisotopic (exact) mass is 359 g/mol. The van der Waals surface area contributed by atoms with Crippen LogP contribution in [0.5, 0.6) is 0 Å². The van der Waals surface area contributed by atoms with E-state index >= 15 is 0 Å². The first-order valence-electron chi connectivity index (χ1n) is 9.44. The maximum absolute atomic E-state index is 9.77. The highest BCUT2D eigenvalue weighted by molar-refractivity contribution is 5.70. The molecule has 1 atom stereocenters. The van der Waals surface area contributed by atoms with Gasteiger partial charge in [0.2, 0.25) is 0 Å². The third-order valence-electron chi connectivity index (χ3n) is 5.72. The predicted octanol–water partition coefficient (Wildman–Crippen LogP) is 3.25. The molecule has 1 fully saturated rings. The van der Waals surface area contributed by atoms with Crippen LogP contribution in [0.15, 0.2) is 42.7 Å². The lowest BCUT2D eigenvalue weighted by Crippen LogP contribution is -2.32. The van der Waals surface area contributed by atoms with Crippen molar-refractivity contribution in [3.05, 3.63) is 65.0 Å². The summed E-state index contributed by atoms with van der Waals surface area (Å²) in [6, 6.07) is 13.4. The van der Waals surface area contributed by atoms with Gasteiger partial charge in [0.1, 0.15) is 11.9 Å². The van der Waals surface area contributed by atoms with Gasteiger partial charge in [0.25, 0.3) is 0 Å². The van der Waals surface area contributed by atoms with Crippen LogP contribution in [0.2, 0.25) is 0 Å². The molecule has 1 aliphatic rings. The number of fused-ring (bicyclic) bond motifs is 1. The van der Waals surface area contributed by atoms with Crippen molar-refractivity contribution in [2.75, 3.05) is 32.1 Å². The van der Waals surface area contributed by atoms with E-state index in [0.29, 0.717) is 11.6 Å². The molecule has 0 N–H and O–H groups in total. The summed E-state index contributed by atoms with van der Waals surface area (Å²) in [5.41, 5.74) is 4.97. The van der Waals surface area contributed by atoms with E-state index < -0.39 is 0 Å². The highest BCUT2D eigenvalue weighted by Crippen LogP contribution is 2.33. The maximum Gasteiger partial charge on any atom is 0.156 e. The standard InChI is InChI=1S/C22H25N5/c1-16-19(13-17-7-5-4-6-8-17)22(26-11-9-18(15-26)25(2)3)27-12-10-24-21(27)20(16)14-23/h4-8,10,12,18H,9,11,13,15H2,1-3H3/t18-/m0/s1. The largest absolute Gasteiger partial charge is 0.356 e. The van der Waals surface area contributed by atoms with Crippen molar-refractivity contribution in [2.45, 2.75) is 25.8 Å². The quantitative estimate of drug-likeness (QED) is 0.717. The molecular formula is C22H25N5. The summed E-state index contributed by atoms with van der Waals surface area (Å²) < 4.78 is 2.11. The highest BCUT2D eigenvalue weighted by atomic mass is 15.3. The Bertz CT molecular complexity index is 997. The molecule has 27 heavy (non-hydrogen) atoms. The lowest BCUT2D eigenvalue weighted by molar-refractivity contribution is 0.315. The van der Waals surface area contributed by atoms with Crippen molar-refractivity contribution in [3.63, 3.8) is 0 Å². The molecule has 0 amide bonds. The Morgan fingerprint density at radius 3 is 2.70 bits per heavy atom. The van der Waals surface area contributed by atoms with Crippen molar-refractivity contribution in [1.82, 2.24) is 14.3 Å². The molecular weight excluding hydrogens is 334 g/mol. The predicted molar refractivity (Wildman–Crippen MR) is 108 cm³/mol. The smallest absolute Gasteiger partial charge is 0.156 e. The van der Waals surface area contributed by atoms with E-state index in [-0.39, 0.29) is 0 Å². The third kappa shape index (κ3) is 3.07. The molecule has 5 nitrogen and oxygen atoms in total. The van der Waals surface area contributed by atoms with Crippen LogP contribution in [0.4, 0.5) is 5.82 Å². The lowest BCUT2D eigenvalue weighted by atomic mass is 9.97. The average Bonchev–Trinajstić information content (AvgIpc) is 3.33. The number of nitriles is 1. The van der Waals surface area contributed by atoms with E-state index in [2.05, 4.69) is 70.5 Å². The fraction of sp³-hybridized carbons (Fsp3) is 0.364. The fourth-order valence-electron chi connectivity index (χ4n) is 4.14. The summed E-state index contributed by atoms with van der Waals surface area (Å²) in [5, 5.41) is 9.77. The first kappa shape index (κ1) is 17.6. The van der Waals surface area contributed by atoms with E-state index in [9.17, 15) is 5.26 Å². The van der Waals surface area contributed by atoms with Gasteiger partial charge in [-0.25, -0.2) is 4.98 Å². The van der Waals surface area contributed by atoms with Gasteiger partial charge in [-0.05, 0) is 38.6 Å². The van der Waals surface area contributed by atoms with Gasteiger partial charge >= 0.3 is 0 Å². The number of nitrogens with zero attached hydrogens (tertiary/aromatic N) is 5. The Balaban J connectivity index is 1.89. The Kier molecular flexibility index (Phi) is 4.59. The first-order chi connectivity index (χ1) is 13.1. The molecule has 1 aliphatic heterocycles. The molecule has 138 valence electrons. The summed E-state index contributed by atoms with van der Waals surface area (Å²) in [6.07, 6.45) is 5.74. The Hall–Kier alpha value is -2.84. The normalized spacial score (nSPS) is 17.0. The Morgan fingerprint density at radius 2 is 2.04 bits per heavy atom. The second-order valence-corrected chi connectivity index (χ2v) is 7.55. The van der Waals surface area contributed by atoms with Gasteiger partial charge in [-0.15, -0.1) is 0 Å². The zero-order valence-electron chi connectivity index (χ0n) is 16.2. The molecule has 2 aromatic heterocycles. The number of rotatable bonds is 4.